The lowest BCUT2D eigenvalue weighted by Crippen LogP contribution is -2.30. The summed E-state index contributed by atoms with van der Waals surface area (Å²) >= 11 is 11.5. The van der Waals surface area contributed by atoms with Crippen molar-refractivity contribution in [1.82, 2.24) is 4.31 Å². The van der Waals surface area contributed by atoms with Gasteiger partial charge in [0.25, 0.3) is 5.91 Å². The molecule has 140 valence electrons. The van der Waals surface area contributed by atoms with Crippen LogP contribution in [0.4, 0.5) is 10.1 Å². The number of carbonyl (C=O) groups is 1. The maximum absolute atomic E-state index is 13.5. The first-order chi connectivity index (χ1) is 12.2. The summed E-state index contributed by atoms with van der Waals surface area (Å²) in [5, 5.41) is 2.37. The molecule has 1 amide bonds. The van der Waals surface area contributed by atoms with Crippen molar-refractivity contribution in [2.75, 3.05) is 18.4 Å². The average molecular weight is 419 g/mol. The molecule has 0 aromatic heterocycles. The molecule has 0 radical (unpaired) electrons. The minimum Gasteiger partial charge on any atom is -0.322 e. The predicted molar refractivity (Wildman–Crippen MR) is 101 cm³/mol. The van der Waals surface area contributed by atoms with Gasteiger partial charge in [0.05, 0.1) is 20.5 Å². The number of benzene rings is 2. The molecule has 0 fully saturated rings. The Morgan fingerprint density at radius 1 is 1.08 bits per heavy atom. The van der Waals surface area contributed by atoms with Crippen LogP contribution in [-0.2, 0) is 10.0 Å². The molecule has 0 saturated carbocycles. The van der Waals surface area contributed by atoms with Gasteiger partial charge in [0, 0.05) is 18.8 Å². The van der Waals surface area contributed by atoms with Crippen molar-refractivity contribution in [2.24, 2.45) is 0 Å². The summed E-state index contributed by atoms with van der Waals surface area (Å²) in [5.74, 6) is -1.40. The molecular formula is C17H17Cl2FN2O3S. The molecule has 1 N–H and O–H groups in total. The fourth-order valence-electron chi connectivity index (χ4n) is 2.32. The van der Waals surface area contributed by atoms with Crippen LogP contribution < -0.4 is 5.32 Å². The topological polar surface area (TPSA) is 66.5 Å². The quantitative estimate of drug-likeness (QED) is 0.706. The summed E-state index contributed by atoms with van der Waals surface area (Å²) in [5.41, 5.74) is 0.272. The molecule has 0 spiro atoms. The van der Waals surface area contributed by atoms with Gasteiger partial charge in [0.15, 0.2) is 0 Å². The van der Waals surface area contributed by atoms with Crippen LogP contribution in [0.5, 0.6) is 0 Å². The van der Waals surface area contributed by atoms with E-state index < -0.39 is 21.7 Å². The minimum atomic E-state index is -3.58. The van der Waals surface area contributed by atoms with Crippen LogP contribution >= 0.6 is 23.2 Å². The third-order valence-electron chi connectivity index (χ3n) is 3.71. The molecule has 9 heteroatoms. The van der Waals surface area contributed by atoms with E-state index in [1.807, 2.05) is 0 Å². The zero-order chi connectivity index (χ0) is 19.5. The number of carbonyl (C=O) groups excluding carboxylic acids is 1. The standard InChI is InChI=1S/C17H17Cl2FN2O3S/c1-3-22(4-2)26(24,25)12-7-5-11(6-8-12)21-17(23)13-9-16(20)15(19)10-14(13)18/h5-10H,3-4H2,1-2H3,(H,21,23). The molecular weight excluding hydrogens is 402 g/mol. The highest BCUT2D eigenvalue weighted by atomic mass is 35.5. The summed E-state index contributed by atoms with van der Waals surface area (Å²) in [6, 6.07) is 7.79. The number of nitrogens with one attached hydrogen (secondary N) is 1. The second-order valence-corrected chi connectivity index (χ2v) is 8.07. The second-order valence-electron chi connectivity index (χ2n) is 5.31. The number of anilines is 1. The number of nitrogens with zero attached hydrogens (tertiary/aromatic N) is 1. The van der Waals surface area contributed by atoms with Gasteiger partial charge in [0.2, 0.25) is 10.0 Å². The molecule has 5 nitrogen and oxygen atoms in total. The molecule has 2 aromatic carbocycles. The second kappa shape index (κ2) is 8.35. The normalized spacial score (nSPS) is 11.6. The van der Waals surface area contributed by atoms with Crippen molar-refractivity contribution in [2.45, 2.75) is 18.7 Å². The van der Waals surface area contributed by atoms with E-state index in [0.29, 0.717) is 18.8 Å². The van der Waals surface area contributed by atoms with E-state index in [1.54, 1.807) is 13.8 Å². The number of halogens is 3. The number of hydrogen-bond acceptors (Lipinski definition) is 3. The summed E-state index contributed by atoms with van der Waals surface area (Å²) in [6.45, 7) is 4.23. The van der Waals surface area contributed by atoms with E-state index in [9.17, 15) is 17.6 Å². The van der Waals surface area contributed by atoms with Gasteiger partial charge in [-0.2, -0.15) is 4.31 Å². The van der Waals surface area contributed by atoms with Gasteiger partial charge in [-0.15, -0.1) is 0 Å². The molecule has 26 heavy (non-hydrogen) atoms. The third-order valence-corrected chi connectivity index (χ3v) is 6.38. The highest BCUT2D eigenvalue weighted by Gasteiger charge is 2.21. The molecule has 0 heterocycles. The molecule has 0 saturated heterocycles. The van der Waals surface area contributed by atoms with E-state index in [1.165, 1.54) is 28.6 Å². The SMILES string of the molecule is CCN(CC)S(=O)(=O)c1ccc(NC(=O)c2cc(F)c(Cl)cc2Cl)cc1. The Kier molecular flexibility index (Phi) is 6.63. The molecule has 0 bridgehead atoms. The molecule has 0 atom stereocenters. The Hall–Kier alpha value is -1.67. The van der Waals surface area contributed by atoms with Crippen molar-refractivity contribution in [1.29, 1.82) is 0 Å². The minimum absolute atomic E-state index is 0.00892. The maximum atomic E-state index is 13.5. The Morgan fingerprint density at radius 3 is 2.19 bits per heavy atom. The Bertz CT molecular complexity index is 914. The monoisotopic (exact) mass is 418 g/mol. The lowest BCUT2D eigenvalue weighted by atomic mass is 10.2. The fraction of sp³-hybridized carbons (Fsp3) is 0.235. The van der Waals surface area contributed by atoms with Crippen LogP contribution in [0, 0.1) is 5.82 Å². The lowest BCUT2D eigenvalue weighted by Gasteiger charge is -2.18. The Morgan fingerprint density at radius 2 is 1.65 bits per heavy atom. The van der Waals surface area contributed by atoms with E-state index in [4.69, 9.17) is 23.2 Å². The van der Waals surface area contributed by atoms with Crippen molar-refractivity contribution in [3.05, 3.63) is 57.8 Å². The number of hydrogen-bond donors (Lipinski definition) is 1. The summed E-state index contributed by atoms with van der Waals surface area (Å²) in [6.07, 6.45) is 0. The first-order valence-electron chi connectivity index (χ1n) is 7.76. The molecule has 2 aromatic rings. The largest absolute Gasteiger partial charge is 0.322 e. The number of rotatable bonds is 6. The van der Waals surface area contributed by atoms with Gasteiger partial charge in [0.1, 0.15) is 5.82 Å². The van der Waals surface area contributed by atoms with Crippen molar-refractivity contribution in [3.8, 4) is 0 Å². The lowest BCUT2D eigenvalue weighted by molar-refractivity contribution is 0.102. The Balaban J connectivity index is 2.22. The highest BCUT2D eigenvalue weighted by molar-refractivity contribution is 7.89. The summed E-state index contributed by atoms with van der Waals surface area (Å²) < 4.78 is 39.7. The van der Waals surface area contributed by atoms with Crippen LogP contribution in [0.3, 0.4) is 0 Å². The Labute approximate surface area is 161 Å². The van der Waals surface area contributed by atoms with Crippen LogP contribution in [0.1, 0.15) is 24.2 Å². The first-order valence-corrected chi connectivity index (χ1v) is 9.96. The average Bonchev–Trinajstić information content (AvgIpc) is 2.59. The zero-order valence-electron chi connectivity index (χ0n) is 14.1. The maximum Gasteiger partial charge on any atom is 0.257 e. The van der Waals surface area contributed by atoms with Crippen LogP contribution in [0.2, 0.25) is 10.0 Å². The van der Waals surface area contributed by atoms with Gasteiger partial charge in [-0.05, 0) is 36.4 Å². The molecule has 2 rings (SSSR count). The number of amides is 1. The van der Waals surface area contributed by atoms with Gasteiger partial charge in [-0.1, -0.05) is 37.0 Å². The molecule has 0 aliphatic heterocycles. The van der Waals surface area contributed by atoms with Crippen molar-refractivity contribution >= 4 is 44.8 Å². The van der Waals surface area contributed by atoms with Crippen molar-refractivity contribution in [3.63, 3.8) is 0 Å². The zero-order valence-corrected chi connectivity index (χ0v) is 16.4. The highest BCUT2D eigenvalue weighted by Crippen LogP contribution is 2.25. The molecule has 0 aliphatic carbocycles. The van der Waals surface area contributed by atoms with Crippen LogP contribution in [-0.4, -0.2) is 31.7 Å². The van der Waals surface area contributed by atoms with Gasteiger partial charge >= 0.3 is 0 Å². The van der Waals surface area contributed by atoms with Gasteiger partial charge in [-0.25, -0.2) is 12.8 Å². The molecule has 0 aliphatic rings. The van der Waals surface area contributed by atoms with E-state index in [2.05, 4.69) is 5.32 Å². The van der Waals surface area contributed by atoms with Gasteiger partial charge in [-0.3, -0.25) is 4.79 Å². The van der Waals surface area contributed by atoms with E-state index in [0.717, 1.165) is 12.1 Å². The van der Waals surface area contributed by atoms with Crippen LogP contribution in [0.25, 0.3) is 0 Å². The van der Waals surface area contributed by atoms with Crippen LogP contribution in [0.15, 0.2) is 41.3 Å². The van der Waals surface area contributed by atoms with E-state index in [-0.39, 0.29) is 20.5 Å². The van der Waals surface area contributed by atoms with Crippen molar-refractivity contribution < 1.29 is 17.6 Å². The van der Waals surface area contributed by atoms with Gasteiger partial charge < -0.3 is 5.32 Å². The third kappa shape index (κ3) is 4.35. The smallest absolute Gasteiger partial charge is 0.257 e. The first kappa shape index (κ1) is 20.6. The fourth-order valence-corrected chi connectivity index (χ4v) is 4.24. The predicted octanol–water partition coefficient (Wildman–Crippen LogP) is 4.42. The summed E-state index contributed by atoms with van der Waals surface area (Å²) in [4.78, 5) is 12.4. The van der Waals surface area contributed by atoms with E-state index >= 15 is 0 Å². The molecule has 0 unspecified atom stereocenters. The number of sulfonamides is 1. The summed E-state index contributed by atoms with van der Waals surface area (Å²) in [7, 11) is -3.58.